The van der Waals surface area contributed by atoms with E-state index in [1.165, 1.54) is 5.69 Å². The Morgan fingerprint density at radius 3 is 2.25 bits per heavy atom. The summed E-state index contributed by atoms with van der Waals surface area (Å²) in [4.78, 5) is 34.1. The number of likely N-dealkylation sites (tertiary alicyclic amines) is 1. The summed E-state index contributed by atoms with van der Waals surface area (Å²) in [6.45, 7) is 9.35. The maximum atomic E-state index is 13.1. The van der Waals surface area contributed by atoms with Crippen molar-refractivity contribution in [2.45, 2.75) is 45.1 Å². The van der Waals surface area contributed by atoms with E-state index in [2.05, 4.69) is 39.0 Å². The van der Waals surface area contributed by atoms with Crippen LogP contribution in [-0.2, 0) is 9.53 Å². The minimum Gasteiger partial charge on any atom is -0.450 e. The van der Waals surface area contributed by atoms with E-state index in [1.54, 1.807) is 0 Å². The van der Waals surface area contributed by atoms with E-state index in [0.717, 1.165) is 84.5 Å². The van der Waals surface area contributed by atoms with Gasteiger partial charge < -0.3 is 19.4 Å². The molecule has 4 rings (SSSR count). The maximum Gasteiger partial charge on any atom is 0.409 e. The predicted molar refractivity (Wildman–Crippen MR) is 126 cm³/mol. The van der Waals surface area contributed by atoms with Crippen LogP contribution in [0.15, 0.2) is 30.3 Å². The van der Waals surface area contributed by atoms with Crippen molar-refractivity contribution in [3.05, 3.63) is 30.3 Å². The lowest BCUT2D eigenvalue weighted by Crippen LogP contribution is -2.50. The van der Waals surface area contributed by atoms with E-state index in [1.807, 2.05) is 17.9 Å². The maximum absolute atomic E-state index is 13.1. The van der Waals surface area contributed by atoms with E-state index < -0.39 is 0 Å². The highest BCUT2D eigenvalue weighted by Crippen LogP contribution is 2.26. The molecule has 0 N–H and O–H groups in total. The normalized spacial score (nSPS) is 22.0. The first-order chi connectivity index (χ1) is 15.7. The largest absolute Gasteiger partial charge is 0.450 e. The van der Waals surface area contributed by atoms with E-state index >= 15 is 0 Å². The molecule has 2 amide bonds. The van der Waals surface area contributed by atoms with Crippen LogP contribution in [0, 0.1) is 5.92 Å². The molecule has 0 aromatic heterocycles. The van der Waals surface area contributed by atoms with Crippen LogP contribution >= 0.6 is 0 Å². The lowest BCUT2D eigenvalue weighted by molar-refractivity contribution is -0.137. The molecule has 3 aliphatic rings. The number of para-hydroxylation sites is 1. The number of anilines is 1. The number of piperidine rings is 2. The fraction of sp³-hybridized carbons (Fsp3) is 0.680. The Hall–Kier alpha value is -2.28. The Labute approximate surface area is 192 Å². The lowest BCUT2D eigenvalue weighted by Gasteiger charge is -2.40. The third kappa shape index (κ3) is 5.55. The van der Waals surface area contributed by atoms with Gasteiger partial charge in [-0.15, -0.1) is 0 Å². The van der Waals surface area contributed by atoms with Crippen LogP contribution in [-0.4, -0.2) is 91.7 Å². The van der Waals surface area contributed by atoms with E-state index in [-0.39, 0.29) is 12.0 Å². The second kappa shape index (κ2) is 11.0. The molecular formula is C25H38N4O3. The van der Waals surface area contributed by atoms with E-state index in [9.17, 15) is 9.59 Å². The Kier molecular flexibility index (Phi) is 7.90. The SMILES string of the molecule is CCOC(=O)N1CCCN(C2CCN(C(=O)C3CCN(c4ccccc4)CC3)CC2)CC1. The van der Waals surface area contributed by atoms with Gasteiger partial charge in [-0.05, 0) is 51.2 Å². The van der Waals surface area contributed by atoms with Crippen LogP contribution in [0.3, 0.4) is 0 Å². The van der Waals surface area contributed by atoms with E-state index in [0.29, 0.717) is 18.6 Å². The van der Waals surface area contributed by atoms with Crippen LogP contribution in [0.2, 0.25) is 0 Å². The molecule has 0 bridgehead atoms. The number of hydrogen-bond donors (Lipinski definition) is 0. The van der Waals surface area contributed by atoms with Crippen molar-refractivity contribution >= 4 is 17.7 Å². The Balaban J connectivity index is 1.21. The smallest absolute Gasteiger partial charge is 0.409 e. The second-order valence-electron chi connectivity index (χ2n) is 9.23. The van der Waals surface area contributed by atoms with Gasteiger partial charge in [-0.3, -0.25) is 9.69 Å². The molecule has 0 radical (unpaired) electrons. The first-order valence-electron chi connectivity index (χ1n) is 12.4. The fourth-order valence-electron chi connectivity index (χ4n) is 5.43. The molecule has 0 unspecified atom stereocenters. The number of carbonyl (C=O) groups is 2. The van der Waals surface area contributed by atoms with Crippen molar-refractivity contribution in [2.75, 3.05) is 63.9 Å². The molecule has 176 valence electrons. The molecule has 7 nitrogen and oxygen atoms in total. The average molecular weight is 443 g/mol. The molecular weight excluding hydrogens is 404 g/mol. The quantitative estimate of drug-likeness (QED) is 0.717. The van der Waals surface area contributed by atoms with Crippen LogP contribution in [0.5, 0.6) is 0 Å². The minimum absolute atomic E-state index is 0.169. The van der Waals surface area contributed by atoms with Crippen molar-refractivity contribution < 1.29 is 14.3 Å². The van der Waals surface area contributed by atoms with Crippen molar-refractivity contribution in [3.63, 3.8) is 0 Å². The van der Waals surface area contributed by atoms with Gasteiger partial charge in [0, 0.05) is 70.0 Å². The number of amides is 2. The molecule has 0 spiro atoms. The third-order valence-electron chi connectivity index (χ3n) is 7.31. The number of rotatable bonds is 4. The zero-order chi connectivity index (χ0) is 22.3. The number of nitrogens with zero attached hydrogens (tertiary/aromatic N) is 4. The van der Waals surface area contributed by atoms with E-state index in [4.69, 9.17) is 4.74 Å². The standard InChI is InChI=1S/C25H38N4O3/c1-2-32-25(31)29-14-6-13-26(19-20-29)23-11-17-28(18-12-23)24(30)21-9-15-27(16-10-21)22-7-4-3-5-8-22/h3-5,7-8,21,23H,2,6,9-20H2,1H3. The highest BCUT2D eigenvalue weighted by Gasteiger charge is 2.33. The molecule has 3 saturated heterocycles. The summed E-state index contributed by atoms with van der Waals surface area (Å²) in [6, 6.07) is 11.0. The van der Waals surface area contributed by atoms with Crippen molar-refractivity contribution in [3.8, 4) is 0 Å². The zero-order valence-electron chi connectivity index (χ0n) is 19.5. The molecule has 1 aromatic rings. The summed E-state index contributed by atoms with van der Waals surface area (Å²) in [7, 11) is 0. The zero-order valence-corrected chi connectivity index (χ0v) is 19.5. The average Bonchev–Trinajstić information content (AvgIpc) is 3.11. The van der Waals surface area contributed by atoms with Crippen LogP contribution < -0.4 is 4.90 Å². The van der Waals surface area contributed by atoms with Gasteiger partial charge in [-0.2, -0.15) is 0 Å². The fourth-order valence-corrected chi connectivity index (χ4v) is 5.43. The van der Waals surface area contributed by atoms with Gasteiger partial charge >= 0.3 is 6.09 Å². The number of hydrogen-bond acceptors (Lipinski definition) is 5. The molecule has 3 aliphatic heterocycles. The summed E-state index contributed by atoms with van der Waals surface area (Å²) in [6.07, 6.45) is 4.76. The highest BCUT2D eigenvalue weighted by molar-refractivity contribution is 5.79. The van der Waals surface area contributed by atoms with Gasteiger partial charge in [0.2, 0.25) is 5.91 Å². The topological polar surface area (TPSA) is 56.3 Å². The monoisotopic (exact) mass is 442 g/mol. The molecule has 3 heterocycles. The van der Waals surface area contributed by atoms with Crippen LogP contribution in [0.1, 0.15) is 39.0 Å². The molecule has 32 heavy (non-hydrogen) atoms. The molecule has 7 heteroatoms. The van der Waals surface area contributed by atoms with Crippen LogP contribution in [0.4, 0.5) is 10.5 Å². The lowest BCUT2D eigenvalue weighted by atomic mass is 9.93. The van der Waals surface area contributed by atoms with Crippen LogP contribution in [0.25, 0.3) is 0 Å². The Bertz CT molecular complexity index is 743. The van der Waals surface area contributed by atoms with Crippen molar-refractivity contribution in [1.82, 2.24) is 14.7 Å². The summed E-state index contributed by atoms with van der Waals surface area (Å²) in [5, 5.41) is 0. The van der Waals surface area contributed by atoms with Gasteiger partial charge in [0.05, 0.1) is 6.61 Å². The first-order valence-corrected chi connectivity index (χ1v) is 12.4. The number of benzene rings is 1. The predicted octanol–water partition coefficient (Wildman–Crippen LogP) is 3.06. The Morgan fingerprint density at radius 1 is 0.844 bits per heavy atom. The summed E-state index contributed by atoms with van der Waals surface area (Å²) in [5.41, 5.74) is 1.26. The number of carbonyl (C=O) groups excluding carboxylic acids is 2. The molecule has 1 aromatic carbocycles. The molecule has 3 fully saturated rings. The third-order valence-corrected chi connectivity index (χ3v) is 7.31. The van der Waals surface area contributed by atoms with Gasteiger partial charge in [0.15, 0.2) is 0 Å². The van der Waals surface area contributed by atoms with Gasteiger partial charge in [0.1, 0.15) is 0 Å². The highest BCUT2D eigenvalue weighted by atomic mass is 16.6. The minimum atomic E-state index is -0.187. The van der Waals surface area contributed by atoms with Crippen molar-refractivity contribution in [1.29, 1.82) is 0 Å². The summed E-state index contributed by atoms with van der Waals surface area (Å²) in [5.74, 6) is 0.531. The van der Waals surface area contributed by atoms with Crippen molar-refractivity contribution in [2.24, 2.45) is 5.92 Å². The molecule has 0 aliphatic carbocycles. The molecule has 0 saturated carbocycles. The number of ether oxygens (including phenoxy) is 1. The summed E-state index contributed by atoms with van der Waals surface area (Å²) >= 11 is 0. The summed E-state index contributed by atoms with van der Waals surface area (Å²) < 4.78 is 5.17. The Morgan fingerprint density at radius 2 is 1.56 bits per heavy atom. The second-order valence-corrected chi connectivity index (χ2v) is 9.23. The van der Waals surface area contributed by atoms with Gasteiger partial charge in [0.25, 0.3) is 0 Å². The molecule has 0 atom stereocenters. The van der Waals surface area contributed by atoms with Gasteiger partial charge in [-0.1, -0.05) is 18.2 Å². The van der Waals surface area contributed by atoms with Gasteiger partial charge in [-0.25, -0.2) is 4.79 Å². The first kappa shape index (κ1) is 22.9.